The minimum absolute atomic E-state index is 0.0824. The molecule has 0 aromatic heterocycles. The van der Waals surface area contributed by atoms with Crippen molar-refractivity contribution in [1.82, 2.24) is 5.43 Å². The van der Waals surface area contributed by atoms with Crippen molar-refractivity contribution < 1.29 is 14.3 Å². The van der Waals surface area contributed by atoms with Gasteiger partial charge in [-0.2, -0.15) is 5.10 Å². The molecule has 120 valence electrons. The van der Waals surface area contributed by atoms with E-state index in [4.69, 9.17) is 9.47 Å². The van der Waals surface area contributed by atoms with Gasteiger partial charge in [0.15, 0.2) is 6.61 Å². The first kappa shape index (κ1) is 16.5. The summed E-state index contributed by atoms with van der Waals surface area (Å²) >= 11 is 0. The van der Waals surface area contributed by atoms with E-state index in [1.807, 2.05) is 48.5 Å². The maximum Gasteiger partial charge on any atom is 0.277 e. The Morgan fingerprint density at radius 3 is 2.65 bits per heavy atom. The molecule has 1 amide bonds. The molecule has 2 rings (SSSR count). The molecular formula is C18H20N2O3. The summed E-state index contributed by atoms with van der Waals surface area (Å²) in [6.07, 6.45) is 2.52. The van der Waals surface area contributed by atoms with Crippen molar-refractivity contribution in [2.45, 2.75) is 13.3 Å². The number of rotatable bonds is 7. The molecule has 0 aliphatic carbocycles. The van der Waals surface area contributed by atoms with Crippen LogP contribution in [-0.4, -0.2) is 25.8 Å². The Bertz CT molecular complexity index is 666. The lowest BCUT2D eigenvalue weighted by Gasteiger charge is -2.05. The summed E-state index contributed by atoms with van der Waals surface area (Å²) in [4.78, 5) is 11.7. The summed E-state index contributed by atoms with van der Waals surface area (Å²) in [6, 6.07) is 15.0. The Balaban J connectivity index is 1.78. The molecule has 5 heteroatoms. The Morgan fingerprint density at radius 1 is 1.17 bits per heavy atom. The molecule has 0 saturated carbocycles. The Morgan fingerprint density at radius 2 is 1.96 bits per heavy atom. The van der Waals surface area contributed by atoms with Crippen LogP contribution in [0.4, 0.5) is 0 Å². The van der Waals surface area contributed by atoms with Crippen molar-refractivity contribution in [2.24, 2.45) is 5.10 Å². The predicted octanol–water partition coefficient (Wildman–Crippen LogP) is 2.79. The topological polar surface area (TPSA) is 59.9 Å². The molecule has 23 heavy (non-hydrogen) atoms. The normalized spacial score (nSPS) is 10.5. The van der Waals surface area contributed by atoms with Gasteiger partial charge in [-0.3, -0.25) is 4.79 Å². The van der Waals surface area contributed by atoms with E-state index in [0.29, 0.717) is 5.75 Å². The molecule has 2 aromatic carbocycles. The van der Waals surface area contributed by atoms with Crippen LogP contribution >= 0.6 is 0 Å². The van der Waals surface area contributed by atoms with Gasteiger partial charge < -0.3 is 9.47 Å². The monoisotopic (exact) mass is 312 g/mol. The number of amides is 1. The van der Waals surface area contributed by atoms with E-state index in [0.717, 1.165) is 17.7 Å². The molecule has 0 saturated heterocycles. The van der Waals surface area contributed by atoms with Crippen molar-refractivity contribution in [3.8, 4) is 11.5 Å². The maximum absolute atomic E-state index is 11.7. The predicted molar refractivity (Wildman–Crippen MR) is 90.0 cm³/mol. The number of methoxy groups -OCH3 is 1. The zero-order chi connectivity index (χ0) is 16.5. The highest BCUT2D eigenvalue weighted by Gasteiger charge is 2.01. The number of nitrogens with one attached hydrogen (secondary N) is 1. The third kappa shape index (κ3) is 5.47. The Hall–Kier alpha value is -2.82. The highest BCUT2D eigenvalue weighted by atomic mass is 16.5. The first-order valence-corrected chi connectivity index (χ1v) is 7.39. The number of carbonyl (C=O) groups excluding carboxylic acids is 1. The average Bonchev–Trinajstić information content (AvgIpc) is 2.60. The Labute approximate surface area is 135 Å². The fraction of sp³-hybridized carbons (Fsp3) is 0.222. The van der Waals surface area contributed by atoms with Gasteiger partial charge in [0.05, 0.1) is 13.3 Å². The second kappa shape index (κ2) is 8.58. The fourth-order valence-corrected chi connectivity index (χ4v) is 1.90. The second-order valence-corrected chi connectivity index (χ2v) is 4.86. The second-order valence-electron chi connectivity index (χ2n) is 4.86. The van der Waals surface area contributed by atoms with Gasteiger partial charge in [-0.1, -0.05) is 31.2 Å². The number of ether oxygens (including phenoxy) is 2. The quantitative estimate of drug-likeness (QED) is 0.632. The Kier molecular flexibility index (Phi) is 6.17. The highest BCUT2D eigenvalue weighted by molar-refractivity contribution is 5.83. The van der Waals surface area contributed by atoms with Crippen LogP contribution < -0.4 is 14.9 Å². The van der Waals surface area contributed by atoms with Gasteiger partial charge in [-0.25, -0.2) is 5.43 Å². The van der Waals surface area contributed by atoms with Crippen LogP contribution in [0.1, 0.15) is 18.1 Å². The number of hydrazone groups is 1. The SMILES string of the molecule is CCc1ccc(OCC(=O)NN=Cc2cccc(OC)c2)cc1. The number of carbonyl (C=O) groups is 1. The van der Waals surface area contributed by atoms with Crippen LogP contribution in [0.2, 0.25) is 0 Å². The number of aryl methyl sites for hydroxylation is 1. The minimum atomic E-state index is -0.316. The van der Waals surface area contributed by atoms with Gasteiger partial charge in [-0.15, -0.1) is 0 Å². The van der Waals surface area contributed by atoms with Crippen LogP contribution in [0, 0.1) is 0 Å². The average molecular weight is 312 g/mol. The molecule has 0 aliphatic rings. The summed E-state index contributed by atoms with van der Waals surface area (Å²) in [5, 5.41) is 3.90. The summed E-state index contributed by atoms with van der Waals surface area (Å²) < 4.78 is 10.5. The van der Waals surface area contributed by atoms with E-state index in [2.05, 4.69) is 17.5 Å². The zero-order valence-corrected chi connectivity index (χ0v) is 13.3. The molecule has 0 fully saturated rings. The third-order valence-corrected chi connectivity index (χ3v) is 3.20. The van der Waals surface area contributed by atoms with Gasteiger partial charge in [0.1, 0.15) is 11.5 Å². The highest BCUT2D eigenvalue weighted by Crippen LogP contribution is 2.12. The molecule has 0 spiro atoms. The molecule has 0 heterocycles. The van der Waals surface area contributed by atoms with Crippen LogP contribution in [0.25, 0.3) is 0 Å². The smallest absolute Gasteiger partial charge is 0.277 e. The fourth-order valence-electron chi connectivity index (χ4n) is 1.90. The van der Waals surface area contributed by atoms with Gasteiger partial charge in [0, 0.05) is 0 Å². The number of benzene rings is 2. The standard InChI is InChI=1S/C18H20N2O3/c1-3-14-7-9-16(10-8-14)23-13-18(21)20-19-12-15-5-4-6-17(11-15)22-2/h4-12H,3,13H2,1-2H3,(H,20,21). The van der Waals surface area contributed by atoms with E-state index in [-0.39, 0.29) is 12.5 Å². The van der Waals surface area contributed by atoms with Crippen LogP contribution in [-0.2, 0) is 11.2 Å². The summed E-state index contributed by atoms with van der Waals surface area (Å²) in [6.45, 7) is 2.00. The van der Waals surface area contributed by atoms with E-state index >= 15 is 0 Å². The van der Waals surface area contributed by atoms with E-state index in [9.17, 15) is 4.79 Å². The van der Waals surface area contributed by atoms with E-state index in [1.165, 1.54) is 5.56 Å². The van der Waals surface area contributed by atoms with Crippen LogP contribution in [0.15, 0.2) is 53.6 Å². The van der Waals surface area contributed by atoms with Gasteiger partial charge in [0.25, 0.3) is 5.91 Å². The first-order chi connectivity index (χ1) is 11.2. The molecule has 5 nitrogen and oxygen atoms in total. The zero-order valence-electron chi connectivity index (χ0n) is 13.3. The minimum Gasteiger partial charge on any atom is -0.497 e. The van der Waals surface area contributed by atoms with Gasteiger partial charge in [-0.05, 0) is 41.8 Å². The summed E-state index contributed by atoms with van der Waals surface area (Å²) in [5.74, 6) is 1.08. The maximum atomic E-state index is 11.7. The lowest BCUT2D eigenvalue weighted by molar-refractivity contribution is -0.123. The van der Waals surface area contributed by atoms with E-state index in [1.54, 1.807) is 13.3 Å². The molecule has 0 unspecified atom stereocenters. The lowest BCUT2D eigenvalue weighted by atomic mass is 10.2. The van der Waals surface area contributed by atoms with Gasteiger partial charge >= 0.3 is 0 Å². The summed E-state index contributed by atoms with van der Waals surface area (Å²) in [5.41, 5.74) is 4.49. The number of hydrogen-bond donors (Lipinski definition) is 1. The van der Waals surface area contributed by atoms with Crippen molar-refractivity contribution >= 4 is 12.1 Å². The molecule has 0 atom stereocenters. The molecule has 1 N–H and O–H groups in total. The molecule has 0 bridgehead atoms. The number of nitrogens with zero attached hydrogens (tertiary/aromatic N) is 1. The molecule has 2 aromatic rings. The first-order valence-electron chi connectivity index (χ1n) is 7.39. The molecular weight excluding hydrogens is 292 g/mol. The largest absolute Gasteiger partial charge is 0.497 e. The van der Waals surface area contributed by atoms with Crippen LogP contribution in [0.5, 0.6) is 11.5 Å². The van der Waals surface area contributed by atoms with Crippen molar-refractivity contribution in [3.63, 3.8) is 0 Å². The number of hydrogen-bond acceptors (Lipinski definition) is 4. The lowest BCUT2D eigenvalue weighted by Crippen LogP contribution is -2.24. The third-order valence-electron chi connectivity index (χ3n) is 3.20. The molecule has 0 aliphatic heterocycles. The van der Waals surface area contributed by atoms with Gasteiger partial charge in [0.2, 0.25) is 0 Å². The van der Waals surface area contributed by atoms with E-state index < -0.39 is 0 Å². The summed E-state index contributed by atoms with van der Waals surface area (Å²) in [7, 11) is 1.60. The van der Waals surface area contributed by atoms with Crippen molar-refractivity contribution in [2.75, 3.05) is 13.7 Å². The van der Waals surface area contributed by atoms with Crippen molar-refractivity contribution in [1.29, 1.82) is 0 Å². The van der Waals surface area contributed by atoms with Crippen molar-refractivity contribution in [3.05, 3.63) is 59.7 Å². The van der Waals surface area contributed by atoms with Crippen LogP contribution in [0.3, 0.4) is 0 Å². The molecule has 0 radical (unpaired) electrons.